The Labute approximate surface area is 266 Å². The first-order valence-corrected chi connectivity index (χ1v) is 15.9. The van der Waals surface area contributed by atoms with Crippen LogP contribution in [-0.4, -0.2) is 56.3 Å². The van der Waals surface area contributed by atoms with E-state index in [-0.39, 0.29) is 33.4 Å². The number of halogens is 2. The van der Waals surface area contributed by atoms with Crippen molar-refractivity contribution in [3.8, 4) is 5.75 Å². The van der Waals surface area contributed by atoms with Gasteiger partial charge < -0.3 is 15.0 Å². The van der Waals surface area contributed by atoms with Gasteiger partial charge in [-0.3, -0.25) is 24.0 Å². The highest BCUT2D eigenvalue weighted by Gasteiger charge is 2.33. The molecule has 0 aromatic heterocycles. The average molecular weight is 666 g/mol. The number of nitro benzene ring substituents is 1. The number of hydrogen-bond donors (Lipinski definition) is 1. The van der Waals surface area contributed by atoms with Gasteiger partial charge in [0, 0.05) is 34.8 Å². The molecule has 3 rings (SSSR count). The summed E-state index contributed by atoms with van der Waals surface area (Å²) in [6, 6.07) is 13.2. The summed E-state index contributed by atoms with van der Waals surface area (Å²) in [5.41, 5.74) is 0.482. The molecule has 14 heteroatoms. The van der Waals surface area contributed by atoms with Crippen molar-refractivity contribution < 1.29 is 27.7 Å². The Kier molecular flexibility index (Phi) is 12.0. The molecule has 0 fully saturated rings. The van der Waals surface area contributed by atoms with Crippen molar-refractivity contribution in [1.82, 2.24) is 10.2 Å². The molecular weight excluding hydrogens is 631 g/mol. The van der Waals surface area contributed by atoms with E-state index in [1.54, 1.807) is 19.1 Å². The number of anilines is 1. The number of aryl methyl sites for hydroxylation is 1. The quantitative estimate of drug-likeness (QED) is 0.132. The lowest BCUT2D eigenvalue weighted by molar-refractivity contribution is -0.385. The Morgan fingerprint density at radius 3 is 2.34 bits per heavy atom. The van der Waals surface area contributed by atoms with Gasteiger partial charge in [0.2, 0.25) is 11.8 Å². The predicted molar refractivity (Wildman–Crippen MR) is 170 cm³/mol. The van der Waals surface area contributed by atoms with Crippen molar-refractivity contribution in [2.75, 3.05) is 24.5 Å². The van der Waals surface area contributed by atoms with Gasteiger partial charge in [-0.1, -0.05) is 48.7 Å². The largest absolute Gasteiger partial charge is 0.497 e. The van der Waals surface area contributed by atoms with Gasteiger partial charge in [0.05, 0.1) is 22.6 Å². The number of carbonyl (C=O) groups excluding carboxylic acids is 2. The summed E-state index contributed by atoms with van der Waals surface area (Å²) < 4.78 is 34.1. The Morgan fingerprint density at radius 2 is 1.75 bits per heavy atom. The first-order valence-electron chi connectivity index (χ1n) is 13.7. The number of rotatable bonds is 14. The monoisotopic (exact) mass is 664 g/mol. The molecule has 0 saturated heterocycles. The summed E-state index contributed by atoms with van der Waals surface area (Å²) >= 11 is 12.5. The van der Waals surface area contributed by atoms with E-state index in [0.29, 0.717) is 22.9 Å². The topological polar surface area (TPSA) is 139 Å². The maximum atomic E-state index is 14.1. The number of nitro groups is 1. The lowest BCUT2D eigenvalue weighted by Gasteiger charge is -2.32. The lowest BCUT2D eigenvalue weighted by Crippen LogP contribution is -2.51. The smallest absolute Gasteiger partial charge is 0.273 e. The second-order valence-electron chi connectivity index (χ2n) is 9.99. The van der Waals surface area contributed by atoms with Gasteiger partial charge in [-0.15, -0.1) is 0 Å². The fraction of sp³-hybridized carbons (Fsp3) is 0.333. The maximum absolute atomic E-state index is 14.1. The summed E-state index contributed by atoms with van der Waals surface area (Å²) in [6.07, 6.45) is 1.59. The first kappa shape index (κ1) is 34.6. The highest BCUT2D eigenvalue weighted by atomic mass is 35.5. The molecule has 0 saturated carbocycles. The molecule has 44 heavy (non-hydrogen) atoms. The Balaban J connectivity index is 2.09. The van der Waals surface area contributed by atoms with Gasteiger partial charge in [-0.25, -0.2) is 8.42 Å². The van der Waals surface area contributed by atoms with Gasteiger partial charge >= 0.3 is 0 Å². The molecule has 0 aliphatic rings. The van der Waals surface area contributed by atoms with Crippen LogP contribution in [0.4, 0.5) is 11.4 Å². The summed E-state index contributed by atoms with van der Waals surface area (Å²) in [5.74, 6) is -0.695. The van der Waals surface area contributed by atoms with Crippen LogP contribution in [0.1, 0.15) is 37.8 Å². The highest BCUT2D eigenvalue weighted by molar-refractivity contribution is 7.92. The molecule has 0 heterocycles. The van der Waals surface area contributed by atoms with Crippen LogP contribution in [0.15, 0.2) is 65.6 Å². The van der Waals surface area contributed by atoms with Gasteiger partial charge in [0.25, 0.3) is 15.7 Å². The number of amides is 2. The second kappa shape index (κ2) is 15.2. The molecule has 3 aromatic carbocycles. The van der Waals surface area contributed by atoms with Crippen molar-refractivity contribution in [1.29, 1.82) is 0 Å². The van der Waals surface area contributed by atoms with E-state index in [4.69, 9.17) is 27.9 Å². The fourth-order valence-electron chi connectivity index (χ4n) is 4.30. The second-order valence-corrected chi connectivity index (χ2v) is 12.7. The molecule has 0 unspecified atom stereocenters. The molecule has 2 amide bonds. The molecule has 11 nitrogen and oxygen atoms in total. The fourth-order valence-corrected chi connectivity index (χ4v) is 6.21. The summed E-state index contributed by atoms with van der Waals surface area (Å²) in [6.45, 7) is 4.56. The minimum Gasteiger partial charge on any atom is -0.497 e. The van der Waals surface area contributed by atoms with E-state index in [0.717, 1.165) is 23.2 Å². The molecule has 1 atom stereocenters. The number of carbonyl (C=O) groups is 2. The van der Waals surface area contributed by atoms with E-state index in [1.165, 1.54) is 61.4 Å². The summed E-state index contributed by atoms with van der Waals surface area (Å²) in [5, 5.41) is 15.1. The molecule has 1 N–H and O–H groups in total. The summed E-state index contributed by atoms with van der Waals surface area (Å²) in [7, 11) is -3.08. The lowest BCUT2D eigenvalue weighted by atomic mass is 10.1. The zero-order valence-corrected chi connectivity index (χ0v) is 27.1. The predicted octanol–water partition coefficient (Wildman–Crippen LogP) is 5.75. The molecule has 0 spiro atoms. The van der Waals surface area contributed by atoms with Crippen LogP contribution in [0, 0.1) is 17.0 Å². The SMILES string of the molecule is CCCCNC(=O)[C@@H](C)N(Cc1ccc(Cl)cc1Cl)C(=O)CN(c1ccc(OC)cc1)S(=O)(=O)c1ccc(C)c([N+](=O)[O-])c1. The number of unbranched alkanes of at least 4 members (excludes halogenated alkanes) is 1. The van der Waals surface area contributed by atoms with Crippen LogP contribution in [0.2, 0.25) is 10.0 Å². The first-order chi connectivity index (χ1) is 20.8. The van der Waals surface area contributed by atoms with E-state index < -0.39 is 39.3 Å². The van der Waals surface area contributed by atoms with Crippen LogP contribution in [0.25, 0.3) is 0 Å². The minimum atomic E-state index is -4.53. The van der Waals surface area contributed by atoms with Crippen molar-refractivity contribution in [2.45, 2.75) is 51.1 Å². The number of nitrogens with zero attached hydrogens (tertiary/aromatic N) is 3. The zero-order valence-electron chi connectivity index (χ0n) is 24.7. The average Bonchev–Trinajstić information content (AvgIpc) is 2.99. The third kappa shape index (κ3) is 8.40. The molecule has 0 radical (unpaired) electrons. The number of nitrogens with one attached hydrogen (secondary N) is 1. The third-order valence-electron chi connectivity index (χ3n) is 6.96. The maximum Gasteiger partial charge on any atom is 0.273 e. The summed E-state index contributed by atoms with van der Waals surface area (Å²) in [4.78, 5) is 38.9. The van der Waals surface area contributed by atoms with Gasteiger partial charge in [0.1, 0.15) is 18.3 Å². The molecule has 0 aliphatic heterocycles. The van der Waals surface area contributed by atoms with E-state index in [1.807, 2.05) is 6.92 Å². The number of ether oxygens (including phenoxy) is 1. The van der Waals surface area contributed by atoms with Gasteiger partial charge in [-0.05, 0) is 68.3 Å². The standard InChI is InChI=1S/C30H34Cl2N4O7S/c1-5-6-15-33-30(38)21(3)34(18-22-8-9-23(31)16-27(22)32)29(37)19-35(24-10-12-25(43-4)13-11-24)44(41,42)26-14-7-20(2)28(17-26)36(39)40/h7-14,16-17,21H,5-6,15,18-19H2,1-4H3,(H,33,38)/t21-/m1/s1. The zero-order chi connectivity index (χ0) is 32.6. The van der Waals surface area contributed by atoms with Crippen molar-refractivity contribution in [2.24, 2.45) is 0 Å². The van der Waals surface area contributed by atoms with Crippen LogP contribution in [-0.2, 0) is 26.2 Å². The van der Waals surface area contributed by atoms with Crippen molar-refractivity contribution >= 4 is 56.4 Å². The minimum absolute atomic E-state index is 0.104. The Morgan fingerprint density at radius 1 is 1.07 bits per heavy atom. The van der Waals surface area contributed by atoms with Crippen LogP contribution in [0.3, 0.4) is 0 Å². The van der Waals surface area contributed by atoms with E-state index >= 15 is 0 Å². The highest BCUT2D eigenvalue weighted by Crippen LogP contribution is 2.30. The van der Waals surface area contributed by atoms with E-state index in [2.05, 4.69) is 5.32 Å². The van der Waals surface area contributed by atoms with Crippen LogP contribution < -0.4 is 14.4 Å². The third-order valence-corrected chi connectivity index (χ3v) is 9.31. The molecular formula is C30H34Cl2N4O7S. The normalized spacial score (nSPS) is 11.9. The number of benzene rings is 3. The van der Waals surface area contributed by atoms with Gasteiger partial charge in [0.15, 0.2) is 0 Å². The number of hydrogen-bond acceptors (Lipinski definition) is 7. The number of sulfonamides is 1. The molecule has 236 valence electrons. The van der Waals surface area contributed by atoms with Crippen molar-refractivity contribution in [3.63, 3.8) is 0 Å². The molecule has 0 aliphatic carbocycles. The molecule has 3 aromatic rings. The van der Waals surface area contributed by atoms with Crippen LogP contribution >= 0.6 is 23.2 Å². The molecule has 0 bridgehead atoms. The Hall–Kier alpha value is -3.87. The Bertz CT molecular complexity index is 1620. The van der Waals surface area contributed by atoms with E-state index in [9.17, 15) is 28.1 Å². The number of methoxy groups -OCH3 is 1. The van der Waals surface area contributed by atoms with Gasteiger partial charge in [-0.2, -0.15) is 0 Å². The van der Waals surface area contributed by atoms with Crippen LogP contribution in [0.5, 0.6) is 5.75 Å². The van der Waals surface area contributed by atoms with Crippen molar-refractivity contribution in [3.05, 3.63) is 92.0 Å².